The smallest absolute Gasteiger partial charge is 0.272 e. The second-order valence-corrected chi connectivity index (χ2v) is 3.54. The van der Waals surface area contributed by atoms with Crippen LogP contribution in [0.2, 0.25) is 5.02 Å². The lowest BCUT2D eigenvalue weighted by Crippen LogP contribution is -2.36. The van der Waals surface area contributed by atoms with E-state index in [4.69, 9.17) is 21.8 Å². The molecule has 0 aromatic carbocycles. The molecule has 1 rings (SSSR count). The fraction of sp³-hybridized carbons (Fsp3) is 0.400. The van der Waals surface area contributed by atoms with Crippen molar-refractivity contribution in [3.63, 3.8) is 0 Å². The second kappa shape index (κ2) is 6.42. The molecule has 1 aromatic rings. The summed E-state index contributed by atoms with van der Waals surface area (Å²) in [7, 11) is 0. The van der Waals surface area contributed by atoms with Gasteiger partial charge in [0.25, 0.3) is 5.91 Å². The molecule has 2 N–H and O–H groups in total. The van der Waals surface area contributed by atoms with Gasteiger partial charge in [0, 0.05) is 19.3 Å². The first-order chi connectivity index (χ1) is 7.69. The summed E-state index contributed by atoms with van der Waals surface area (Å²) in [4.78, 5) is 17.0. The molecule has 0 aliphatic rings. The third-order valence-electron chi connectivity index (χ3n) is 1.97. The largest absolute Gasteiger partial charge is 0.395 e. The maximum Gasteiger partial charge on any atom is 0.272 e. The van der Waals surface area contributed by atoms with Gasteiger partial charge in [-0.1, -0.05) is 11.6 Å². The maximum absolute atomic E-state index is 11.8. The Morgan fingerprint density at radius 2 is 1.94 bits per heavy atom. The van der Waals surface area contributed by atoms with Crippen LogP contribution in [0.3, 0.4) is 0 Å². The number of hydrogen-bond acceptors (Lipinski definition) is 4. The van der Waals surface area contributed by atoms with Crippen LogP contribution in [0.25, 0.3) is 0 Å². The van der Waals surface area contributed by atoms with Gasteiger partial charge in [0.2, 0.25) is 0 Å². The van der Waals surface area contributed by atoms with E-state index in [0.29, 0.717) is 5.02 Å². The minimum absolute atomic E-state index is 0.153. The first-order valence-electron chi connectivity index (χ1n) is 4.81. The normalized spacial score (nSPS) is 10.2. The Labute approximate surface area is 98.3 Å². The Bertz CT molecular complexity index is 336. The van der Waals surface area contributed by atoms with E-state index >= 15 is 0 Å². The zero-order chi connectivity index (χ0) is 12.0. The molecule has 0 unspecified atom stereocenters. The monoisotopic (exact) mass is 244 g/mol. The number of halogens is 1. The van der Waals surface area contributed by atoms with Gasteiger partial charge in [-0.05, 0) is 12.1 Å². The predicted molar refractivity (Wildman–Crippen MR) is 59.3 cm³/mol. The molecule has 5 nitrogen and oxygen atoms in total. The Morgan fingerprint density at radius 1 is 1.31 bits per heavy atom. The van der Waals surface area contributed by atoms with E-state index in [1.165, 1.54) is 17.2 Å². The van der Waals surface area contributed by atoms with Crippen molar-refractivity contribution >= 4 is 17.5 Å². The molecule has 0 aliphatic carbocycles. The highest BCUT2D eigenvalue weighted by Gasteiger charge is 2.15. The molecule has 0 radical (unpaired) electrons. The van der Waals surface area contributed by atoms with Crippen molar-refractivity contribution < 1.29 is 15.0 Å². The number of aliphatic hydroxyl groups excluding tert-OH is 2. The van der Waals surface area contributed by atoms with Crippen molar-refractivity contribution in [3.05, 3.63) is 29.0 Å². The minimum atomic E-state index is -0.334. The lowest BCUT2D eigenvalue weighted by molar-refractivity contribution is 0.0679. The summed E-state index contributed by atoms with van der Waals surface area (Å²) in [6, 6.07) is 3.07. The van der Waals surface area contributed by atoms with Crippen molar-refractivity contribution in [2.45, 2.75) is 0 Å². The van der Waals surface area contributed by atoms with Crippen molar-refractivity contribution in [1.29, 1.82) is 0 Å². The highest BCUT2D eigenvalue weighted by atomic mass is 35.5. The van der Waals surface area contributed by atoms with Crippen LogP contribution >= 0.6 is 11.6 Å². The molecule has 1 heterocycles. The van der Waals surface area contributed by atoms with Gasteiger partial charge in [-0.25, -0.2) is 4.98 Å². The van der Waals surface area contributed by atoms with Crippen LogP contribution in [-0.4, -0.2) is 52.3 Å². The van der Waals surface area contributed by atoms with Gasteiger partial charge in [-0.15, -0.1) is 0 Å². The zero-order valence-electron chi connectivity index (χ0n) is 8.64. The third-order valence-corrected chi connectivity index (χ3v) is 2.20. The van der Waals surface area contributed by atoms with Crippen LogP contribution in [-0.2, 0) is 0 Å². The Morgan fingerprint density at radius 3 is 2.38 bits per heavy atom. The maximum atomic E-state index is 11.8. The predicted octanol–water partition coefficient (Wildman–Crippen LogP) is 0.162. The fourth-order valence-electron chi connectivity index (χ4n) is 1.22. The second-order valence-electron chi connectivity index (χ2n) is 3.10. The molecule has 0 aliphatic heterocycles. The summed E-state index contributed by atoms with van der Waals surface area (Å²) in [5, 5.41) is 18.0. The highest BCUT2D eigenvalue weighted by Crippen LogP contribution is 2.08. The van der Waals surface area contributed by atoms with Gasteiger partial charge >= 0.3 is 0 Å². The van der Waals surface area contributed by atoms with E-state index in [2.05, 4.69) is 4.98 Å². The molecule has 16 heavy (non-hydrogen) atoms. The molecule has 0 bridgehead atoms. The lowest BCUT2D eigenvalue weighted by atomic mass is 10.3. The fourth-order valence-corrected chi connectivity index (χ4v) is 1.33. The summed E-state index contributed by atoms with van der Waals surface area (Å²) < 4.78 is 0. The first-order valence-corrected chi connectivity index (χ1v) is 5.19. The Hall–Kier alpha value is -1.17. The molecule has 1 amide bonds. The molecule has 0 saturated carbocycles. The number of pyridine rings is 1. The number of carbonyl (C=O) groups excluding carboxylic acids is 1. The summed E-state index contributed by atoms with van der Waals surface area (Å²) in [6.07, 6.45) is 1.38. The van der Waals surface area contributed by atoms with Gasteiger partial charge in [-0.3, -0.25) is 4.79 Å². The van der Waals surface area contributed by atoms with Crippen LogP contribution in [0.5, 0.6) is 0 Å². The summed E-state index contributed by atoms with van der Waals surface area (Å²) in [5.74, 6) is -0.334. The van der Waals surface area contributed by atoms with E-state index < -0.39 is 0 Å². The number of rotatable bonds is 5. The zero-order valence-corrected chi connectivity index (χ0v) is 9.39. The molecule has 88 valence electrons. The molecular weight excluding hydrogens is 232 g/mol. The number of aromatic nitrogens is 1. The van der Waals surface area contributed by atoms with Gasteiger partial charge in [0.1, 0.15) is 5.69 Å². The average molecular weight is 245 g/mol. The molecule has 0 fully saturated rings. The van der Waals surface area contributed by atoms with Crippen LogP contribution < -0.4 is 0 Å². The summed E-state index contributed by atoms with van der Waals surface area (Å²) >= 11 is 5.65. The van der Waals surface area contributed by atoms with Crippen molar-refractivity contribution in [2.75, 3.05) is 26.3 Å². The van der Waals surface area contributed by atoms with E-state index in [1.54, 1.807) is 6.07 Å². The number of amides is 1. The Kier molecular flexibility index (Phi) is 5.18. The standard InChI is InChI=1S/C10H13ClN2O3/c11-8-1-2-9(12-7-8)10(16)13(3-5-14)4-6-15/h1-2,7,14-15H,3-6H2. The molecule has 0 spiro atoms. The van der Waals surface area contributed by atoms with Crippen molar-refractivity contribution in [2.24, 2.45) is 0 Å². The van der Waals surface area contributed by atoms with E-state index in [1.807, 2.05) is 0 Å². The number of carbonyl (C=O) groups is 1. The molecule has 1 aromatic heterocycles. The van der Waals surface area contributed by atoms with Gasteiger partial charge in [0.05, 0.1) is 18.2 Å². The molecular formula is C10H13ClN2O3. The van der Waals surface area contributed by atoms with Gasteiger partial charge in [0.15, 0.2) is 0 Å². The molecule has 0 saturated heterocycles. The molecule has 0 atom stereocenters. The van der Waals surface area contributed by atoms with E-state index in [9.17, 15) is 4.79 Å². The summed E-state index contributed by atoms with van der Waals surface area (Å²) in [5.41, 5.74) is 0.242. The Balaban J connectivity index is 2.77. The van der Waals surface area contributed by atoms with Crippen LogP contribution in [0.1, 0.15) is 10.5 Å². The van der Waals surface area contributed by atoms with Crippen molar-refractivity contribution in [3.8, 4) is 0 Å². The lowest BCUT2D eigenvalue weighted by Gasteiger charge is -2.19. The van der Waals surface area contributed by atoms with Crippen LogP contribution in [0, 0.1) is 0 Å². The highest BCUT2D eigenvalue weighted by molar-refractivity contribution is 6.30. The minimum Gasteiger partial charge on any atom is -0.395 e. The third kappa shape index (κ3) is 3.44. The number of aliphatic hydroxyl groups is 2. The van der Waals surface area contributed by atoms with Gasteiger partial charge < -0.3 is 15.1 Å². The number of nitrogens with zero attached hydrogens (tertiary/aromatic N) is 2. The summed E-state index contributed by atoms with van der Waals surface area (Å²) in [6.45, 7) is 0.0338. The van der Waals surface area contributed by atoms with Crippen molar-refractivity contribution in [1.82, 2.24) is 9.88 Å². The van der Waals surface area contributed by atoms with Gasteiger partial charge in [-0.2, -0.15) is 0 Å². The number of hydrogen-bond donors (Lipinski definition) is 2. The first kappa shape index (κ1) is 12.9. The SMILES string of the molecule is O=C(c1ccc(Cl)cn1)N(CCO)CCO. The topological polar surface area (TPSA) is 73.7 Å². The van der Waals surface area contributed by atoms with E-state index in [-0.39, 0.29) is 37.9 Å². The van der Waals surface area contributed by atoms with Crippen LogP contribution in [0.15, 0.2) is 18.3 Å². The average Bonchev–Trinajstić information content (AvgIpc) is 2.29. The quantitative estimate of drug-likeness (QED) is 0.774. The van der Waals surface area contributed by atoms with E-state index in [0.717, 1.165) is 0 Å². The van der Waals surface area contributed by atoms with Crippen LogP contribution in [0.4, 0.5) is 0 Å². The molecule has 6 heteroatoms.